The van der Waals surface area contributed by atoms with E-state index in [4.69, 9.17) is 5.11 Å². The van der Waals surface area contributed by atoms with Gasteiger partial charge in [-0.15, -0.1) is 11.3 Å². The summed E-state index contributed by atoms with van der Waals surface area (Å²) in [6.07, 6.45) is -0.0186. The number of carbonyl (C=O) groups is 2. The minimum Gasteiger partial charge on any atom is -0.481 e. The molecular weight excluding hydrogens is 226 g/mol. The Morgan fingerprint density at radius 2 is 2.19 bits per heavy atom. The predicted molar refractivity (Wildman–Crippen MR) is 62.7 cm³/mol. The molecule has 0 bridgehead atoms. The molecule has 0 unspecified atom stereocenters. The Hall–Kier alpha value is -1.36. The SMILES string of the molecule is CC(C)N(CCC(=O)O)C(=O)c1cccs1. The maximum atomic E-state index is 12.0. The van der Waals surface area contributed by atoms with Crippen molar-refractivity contribution in [3.63, 3.8) is 0 Å². The monoisotopic (exact) mass is 241 g/mol. The van der Waals surface area contributed by atoms with Gasteiger partial charge in [0.25, 0.3) is 5.91 Å². The summed E-state index contributed by atoms with van der Waals surface area (Å²) in [5.41, 5.74) is 0. The summed E-state index contributed by atoms with van der Waals surface area (Å²) in [6, 6.07) is 3.57. The molecule has 0 aromatic carbocycles. The fourth-order valence-corrected chi connectivity index (χ4v) is 2.03. The van der Waals surface area contributed by atoms with Crippen molar-refractivity contribution in [2.24, 2.45) is 0 Å². The third-order valence-electron chi connectivity index (χ3n) is 2.18. The highest BCUT2D eigenvalue weighted by Crippen LogP contribution is 2.14. The number of carboxylic acids is 1. The minimum atomic E-state index is -0.885. The summed E-state index contributed by atoms with van der Waals surface area (Å²) in [5, 5.41) is 10.5. The average Bonchev–Trinajstić information content (AvgIpc) is 2.69. The minimum absolute atomic E-state index is 0.00829. The molecule has 4 nitrogen and oxygen atoms in total. The fourth-order valence-electron chi connectivity index (χ4n) is 1.35. The van der Waals surface area contributed by atoms with Gasteiger partial charge in [-0.05, 0) is 25.3 Å². The Kier molecular flexibility index (Phi) is 4.49. The molecule has 0 saturated heterocycles. The van der Waals surface area contributed by atoms with E-state index in [0.29, 0.717) is 4.88 Å². The lowest BCUT2D eigenvalue weighted by Crippen LogP contribution is -2.38. The molecule has 0 aliphatic carbocycles. The van der Waals surface area contributed by atoms with Crippen LogP contribution in [0.3, 0.4) is 0 Å². The lowest BCUT2D eigenvalue weighted by atomic mass is 10.2. The van der Waals surface area contributed by atoms with E-state index in [0.717, 1.165) is 0 Å². The molecule has 0 fully saturated rings. The molecule has 0 radical (unpaired) electrons. The van der Waals surface area contributed by atoms with Gasteiger partial charge in [-0.1, -0.05) is 6.07 Å². The number of thiophene rings is 1. The van der Waals surface area contributed by atoms with Crippen LogP contribution in [-0.4, -0.2) is 34.5 Å². The van der Waals surface area contributed by atoms with Gasteiger partial charge < -0.3 is 10.0 Å². The summed E-state index contributed by atoms with van der Waals surface area (Å²) in [6.45, 7) is 4.02. The molecule has 0 atom stereocenters. The van der Waals surface area contributed by atoms with Gasteiger partial charge in [0.1, 0.15) is 0 Å². The van der Waals surface area contributed by atoms with E-state index in [1.807, 2.05) is 25.3 Å². The quantitative estimate of drug-likeness (QED) is 0.858. The highest BCUT2D eigenvalue weighted by Gasteiger charge is 2.19. The zero-order valence-electron chi connectivity index (χ0n) is 9.34. The van der Waals surface area contributed by atoms with E-state index in [1.165, 1.54) is 11.3 Å². The first kappa shape index (κ1) is 12.7. The molecule has 1 aromatic rings. The topological polar surface area (TPSA) is 57.6 Å². The van der Waals surface area contributed by atoms with Crippen LogP contribution in [0.15, 0.2) is 17.5 Å². The molecule has 0 aliphatic heterocycles. The number of carbonyl (C=O) groups excluding carboxylic acids is 1. The van der Waals surface area contributed by atoms with Crippen molar-refractivity contribution in [1.82, 2.24) is 4.90 Å². The maximum Gasteiger partial charge on any atom is 0.305 e. The molecule has 88 valence electrons. The van der Waals surface area contributed by atoms with Crippen LogP contribution < -0.4 is 0 Å². The molecule has 1 rings (SSSR count). The van der Waals surface area contributed by atoms with Crippen LogP contribution in [0.1, 0.15) is 29.9 Å². The normalized spacial score (nSPS) is 10.4. The Balaban J connectivity index is 2.70. The zero-order valence-corrected chi connectivity index (χ0v) is 10.2. The first-order valence-electron chi connectivity index (χ1n) is 5.08. The summed E-state index contributed by atoms with van der Waals surface area (Å²) in [5.74, 6) is -0.976. The zero-order chi connectivity index (χ0) is 12.1. The van der Waals surface area contributed by atoms with Crippen molar-refractivity contribution in [3.8, 4) is 0 Å². The Labute approximate surface area is 98.5 Å². The van der Waals surface area contributed by atoms with E-state index < -0.39 is 5.97 Å². The third kappa shape index (κ3) is 3.34. The molecule has 0 saturated carbocycles. The number of hydrogen-bond donors (Lipinski definition) is 1. The molecule has 1 aromatic heterocycles. The molecular formula is C11H15NO3S. The smallest absolute Gasteiger partial charge is 0.305 e. The number of amides is 1. The van der Waals surface area contributed by atoms with Gasteiger partial charge in [0.15, 0.2) is 0 Å². The largest absolute Gasteiger partial charge is 0.481 e. The predicted octanol–water partition coefficient (Wildman–Crippen LogP) is 2.07. The van der Waals surface area contributed by atoms with E-state index in [2.05, 4.69) is 0 Å². The number of rotatable bonds is 5. The van der Waals surface area contributed by atoms with Crippen molar-refractivity contribution >= 4 is 23.2 Å². The maximum absolute atomic E-state index is 12.0. The summed E-state index contributed by atoms with van der Waals surface area (Å²) < 4.78 is 0. The van der Waals surface area contributed by atoms with Crippen LogP contribution in [0.25, 0.3) is 0 Å². The van der Waals surface area contributed by atoms with Gasteiger partial charge in [-0.3, -0.25) is 9.59 Å². The van der Waals surface area contributed by atoms with Crippen molar-refractivity contribution in [3.05, 3.63) is 22.4 Å². The second-order valence-electron chi connectivity index (χ2n) is 3.71. The second-order valence-corrected chi connectivity index (χ2v) is 4.66. The lowest BCUT2D eigenvalue weighted by Gasteiger charge is -2.25. The average molecular weight is 241 g/mol. The molecule has 5 heteroatoms. The highest BCUT2D eigenvalue weighted by molar-refractivity contribution is 7.12. The fraction of sp³-hybridized carbons (Fsp3) is 0.455. The molecule has 16 heavy (non-hydrogen) atoms. The highest BCUT2D eigenvalue weighted by atomic mass is 32.1. The summed E-state index contributed by atoms with van der Waals surface area (Å²) >= 11 is 1.37. The van der Waals surface area contributed by atoms with E-state index in [-0.39, 0.29) is 24.9 Å². The molecule has 0 aliphatic rings. The second kappa shape index (κ2) is 5.65. The molecule has 1 heterocycles. The van der Waals surface area contributed by atoms with Crippen molar-refractivity contribution in [1.29, 1.82) is 0 Å². The first-order chi connectivity index (χ1) is 7.52. The van der Waals surface area contributed by atoms with Crippen molar-refractivity contribution in [2.75, 3.05) is 6.54 Å². The molecule has 1 amide bonds. The third-order valence-corrected chi connectivity index (χ3v) is 3.04. The van der Waals surface area contributed by atoms with Crippen molar-refractivity contribution in [2.45, 2.75) is 26.3 Å². The van der Waals surface area contributed by atoms with Crippen molar-refractivity contribution < 1.29 is 14.7 Å². The number of hydrogen-bond acceptors (Lipinski definition) is 3. The van der Waals surface area contributed by atoms with Crippen LogP contribution in [0, 0.1) is 0 Å². The van der Waals surface area contributed by atoms with E-state index >= 15 is 0 Å². The molecule has 0 spiro atoms. The van der Waals surface area contributed by atoms with Gasteiger partial charge in [-0.2, -0.15) is 0 Å². The first-order valence-corrected chi connectivity index (χ1v) is 5.96. The summed E-state index contributed by atoms with van der Waals surface area (Å²) in [4.78, 5) is 24.7. The van der Waals surface area contributed by atoms with Gasteiger partial charge in [0.2, 0.25) is 0 Å². The number of aliphatic carboxylic acids is 1. The van der Waals surface area contributed by atoms with Gasteiger partial charge in [0, 0.05) is 12.6 Å². The summed E-state index contributed by atoms with van der Waals surface area (Å²) in [7, 11) is 0. The molecule has 1 N–H and O–H groups in total. The van der Waals surface area contributed by atoms with Crippen LogP contribution in [0.5, 0.6) is 0 Å². The number of nitrogens with zero attached hydrogens (tertiary/aromatic N) is 1. The number of carboxylic acid groups (broad SMARTS) is 1. The standard InChI is InChI=1S/C11H15NO3S/c1-8(2)12(6-5-10(13)14)11(15)9-4-3-7-16-9/h3-4,7-8H,5-6H2,1-2H3,(H,13,14). The van der Waals surface area contributed by atoms with Crippen LogP contribution in [0.2, 0.25) is 0 Å². The van der Waals surface area contributed by atoms with E-state index in [9.17, 15) is 9.59 Å². The Morgan fingerprint density at radius 1 is 1.50 bits per heavy atom. The van der Waals surface area contributed by atoms with Gasteiger partial charge in [0.05, 0.1) is 11.3 Å². The lowest BCUT2D eigenvalue weighted by molar-refractivity contribution is -0.137. The Bertz CT molecular complexity index is 359. The van der Waals surface area contributed by atoms with Crippen LogP contribution >= 0.6 is 11.3 Å². The van der Waals surface area contributed by atoms with Gasteiger partial charge in [-0.25, -0.2) is 0 Å². The van der Waals surface area contributed by atoms with Crippen LogP contribution in [-0.2, 0) is 4.79 Å². The van der Waals surface area contributed by atoms with Crippen LogP contribution in [0.4, 0.5) is 0 Å². The Morgan fingerprint density at radius 3 is 2.62 bits per heavy atom. The van der Waals surface area contributed by atoms with Gasteiger partial charge >= 0.3 is 5.97 Å². The van der Waals surface area contributed by atoms with E-state index in [1.54, 1.807) is 11.0 Å².